The minimum absolute atomic E-state index is 0.0758. The maximum Gasteiger partial charge on any atom is 0.141 e. The van der Waals surface area contributed by atoms with Crippen molar-refractivity contribution in [3.8, 4) is 0 Å². The van der Waals surface area contributed by atoms with Crippen LogP contribution >= 0.6 is 11.6 Å². The average molecular weight is 240 g/mol. The highest BCUT2D eigenvalue weighted by Crippen LogP contribution is 2.24. The van der Waals surface area contributed by atoms with Gasteiger partial charge in [0.2, 0.25) is 0 Å². The fourth-order valence-electron chi connectivity index (χ4n) is 1.56. The van der Waals surface area contributed by atoms with Gasteiger partial charge in [-0.05, 0) is 30.7 Å². The summed E-state index contributed by atoms with van der Waals surface area (Å²) in [5.41, 5.74) is 6.60. The Balaban J connectivity index is 2.38. The Morgan fingerprint density at radius 3 is 2.75 bits per heavy atom. The first-order valence-corrected chi connectivity index (χ1v) is 5.21. The van der Waals surface area contributed by atoms with E-state index in [0.717, 1.165) is 5.56 Å². The normalized spacial score (nSPS) is 12.7. The number of halogens is 2. The van der Waals surface area contributed by atoms with Crippen molar-refractivity contribution >= 4 is 17.4 Å². The predicted octanol–water partition coefficient (Wildman–Crippen LogP) is 2.87. The van der Waals surface area contributed by atoms with Crippen LogP contribution in [0.1, 0.15) is 18.5 Å². The number of nitrogen functional groups attached to an aromatic ring is 1. The maximum absolute atomic E-state index is 13.0. The van der Waals surface area contributed by atoms with Crippen LogP contribution in [0.3, 0.4) is 0 Å². The van der Waals surface area contributed by atoms with Gasteiger partial charge in [0.05, 0.1) is 17.3 Å². The van der Waals surface area contributed by atoms with Crippen LogP contribution in [0.15, 0.2) is 30.5 Å². The molecule has 0 spiro atoms. The smallest absolute Gasteiger partial charge is 0.141 e. The molecule has 1 unspecified atom stereocenters. The molecule has 0 bridgehead atoms. The summed E-state index contributed by atoms with van der Waals surface area (Å²) in [6.45, 7) is 1.92. The number of hydrogen-bond donors (Lipinski definition) is 1. The molecule has 0 saturated carbocycles. The Hall–Kier alpha value is -1.55. The van der Waals surface area contributed by atoms with Crippen molar-refractivity contribution in [2.75, 3.05) is 5.73 Å². The molecular weight excluding hydrogens is 229 g/mol. The zero-order valence-electron chi connectivity index (χ0n) is 8.69. The van der Waals surface area contributed by atoms with E-state index in [0.29, 0.717) is 5.82 Å². The molecule has 16 heavy (non-hydrogen) atoms. The third-order valence-electron chi connectivity index (χ3n) is 2.49. The van der Waals surface area contributed by atoms with Crippen molar-refractivity contribution in [3.05, 3.63) is 46.9 Å². The fraction of sp³-hybridized carbons (Fsp3) is 0.182. The van der Waals surface area contributed by atoms with Gasteiger partial charge in [0.15, 0.2) is 0 Å². The van der Waals surface area contributed by atoms with E-state index in [9.17, 15) is 4.39 Å². The third-order valence-corrected chi connectivity index (χ3v) is 2.78. The molecule has 0 fully saturated rings. The van der Waals surface area contributed by atoms with E-state index in [2.05, 4.69) is 5.10 Å². The standard InChI is InChI=1S/C11H11ClFN3/c1-7(16-11(14)4-5-15-16)8-2-3-10(13)9(12)6-8/h2-7H,14H2,1H3. The van der Waals surface area contributed by atoms with E-state index in [1.54, 1.807) is 29.1 Å². The number of nitrogens with zero attached hydrogens (tertiary/aromatic N) is 2. The summed E-state index contributed by atoms with van der Waals surface area (Å²) >= 11 is 5.72. The first kappa shape index (κ1) is 11.0. The first-order valence-electron chi connectivity index (χ1n) is 4.83. The number of aromatic nitrogens is 2. The summed E-state index contributed by atoms with van der Waals surface area (Å²) in [6, 6.07) is 6.23. The molecule has 1 heterocycles. The monoisotopic (exact) mass is 239 g/mol. The highest BCUT2D eigenvalue weighted by molar-refractivity contribution is 6.30. The molecule has 2 aromatic rings. The summed E-state index contributed by atoms with van der Waals surface area (Å²) in [6.07, 6.45) is 1.62. The molecule has 0 aliphatic heterocycles. The largest absolute Gasteiger partial charge is 0.384 e. The van der Waals surface area contributed by atoms with Crippen molar-refractivity contribution in [2.45, 2.75) is 13.0 Å². The molecule has 0 radical (unpaired) electrons. The highest BCUT2D eigenvalue weighted by atomic mass is 35.5. The van der Waals surface area contributed by atoms with Crippen molar-refractivity contribution in [3.63, 3.8) is 0 Å². The van der Waals surface area contributed by atoms with Crippen LogP contribution in [0, 0.1) is 5.82 Å². The van der Waals surface area contributed by atoms with Gasteiger partial charge in [0, 0.05) is 0 Å². The highest BCUT2D eigenvalue weighted by Gasteiger charge is 2.12. The number of rotatable bonds is 2. The fourth-order valence-corrected chi connectivity index (χ4v) is 1.75. The van der Waals surface area contributed by atoms with Crippen molar-refractivity contribution < 1.29 is 4.39 Å². The Morgan fingerprint density at radius 2 is 2.19 bits per heavy atom. The molecule has 0 amide bonds. The molecule has 1 aromatic carbocycles. The molecule has 1 aromatic heterocycles. The molecule has 0 saturated heterocycles. The van der Waals surface area contributed by atoms with E-state index < -0.39 is 5.82 Å². The van der Waals surface area contributed by atoms with Crippen LogP contribution in [0.25, 0.3) is 0 Å². The molecule has 2 rings (SSSR count). The number of hydrogen-bond acceptors (Lipinski definition) is 2. The summed E-state index contributed by atoms with van der Waals surface area (Å²) in [5.74, 6) is 0.138. The number of nitrogens with two attached hydrogens (primary N) is 1. The third kappa shape index (κ3) is 1.88. The van der Waals surface area contributed by atoms with Crippen molar-refractivity contribution in [1.82, 2.24) is 9.78 Å². The zero-order valence-corrected chi connectivity index (χ0v) is 9.45. The van der Waals surface area contributed by atoms with Gasteiger partial charge in [-0.15, -0.1) is 0 Å². The number of benzene rings is 1. The lowest BCUT2D eigenvalue weighted by Crippen LogP contribution is -2.11. The van der Waals surface area contributed by atoms with E-state index in [-0.39, 0.29) is 11.1 Å². The van der Waals surface area contributed by atoms with Gasteiger partial charge in [-0.1, -0.05) is 17.7 Å². The second kappa shape index (κ2) is 4.14. The minimum atomic E-state index is -0.425. The molecule has 0 aliphatic rings. The quantitative estimate of drug-likeness (QED) is 0.876. The Bertz CT molecular complexity index is 510. The molecular formula is C11H11ClFN3. The molecule has 1 atom stereocenters. The predicted molar refractivity (Wildman–Crippen MR) is 61.9 cm³/mol. The van der Waals surface area contributed by atoms with Gasteiger partial charge in [0.25, 0.3) is 0 Å². The zero-order chi connectivity index (χ0) is 11.7. The van der Waals surface area contributed by atoms with E-state index in [4.69, 9.17) is 17.3 Å². The van der Waals surface area contributed by atoms with Crippen LogP contribution in [-0.2, 0) is 0 Å². The minimum Gasteiger partial charge on any atom is -0.384 e. The molecule has 5 heteroatoms. The van der Waals surface area contributed by atoms with Crippen LogP contribution in [0.5, 0.6) is 0 Å². The van der Waals surface area contributed by atoms with Crippen LogP contribution in [-0.4, -0.2) is 9.78 Å². The van der Waals surface area contributed by atoms with Crippen LogP contribution in [0.2, 0.25) is 5.02 Å². The van der Waals surface area contributed by atoms with E-state index >= 15 is 0 Å². The Kier molecular flexibility index (Phi) is 2.83. The second-order valence-corrected chi connectivity index (χ2v) is 3.96. The lowest BCUT2D eigenvalue weighted by atomic mass is 10.1. The summed E-state index contributed by atoms with van der Waals surface area (Å²) in [5, 5.41) is 4.21. The Labute approximate surface area is 97.6 Å². The average Bonchev–Trinajstić information content (AvgIpc) is 2.67. The van der Waals surface area contributed by atoms with Crippen LogP contribution in [0.4, 0.5) is 10.2 Å². The second-order valence-electron chi connectivity index (χ2n) is 3.55. The Morgan fingerprint density at radius 1 is 1.44 bits per heavy atom. The molecule has 3 nitrogen and oxygen atoms in total. The first-order chi connectivity index (χ1) is 7.59. The summed E-state index contributed by atoms with van der Waals surface area (Å²) in [7, 11) is 0. The van der Waals surface area contributed by atoms with Gasteiger partial charge in [-0.3, -0.25) is 0 Å². The van der Waals surface area contributed by atoms with Gasteiger partial charge in [-0.25, -0.2) is 9.07 Å². The van der Waals surface area contributed by atoms with Crippen LogP contribution < -0.4 is 5.73 Å². The topological polar surface area (TPSA) is 43.8 Å². The number of anilines is 1. The van der Waals surface area contributed by atoms with Gasteiger partial charge >= 0.3 is 0 Å². The van der Waals surface area contributed by atoms with Crippen molar-refractivity contribution in [2.24, 2.45) is 0 Å². The summed E-state index contributed by atoms with van der Waals surface area (Å²) < 4.78 is 14.7. The SMILES string of the molecule is CC(c1ccc(F)c(Cl)c1)n1nccc1N. The van der Waals surface area contributed by atoms with E-state index in [1.165, 1.54) is 6.07 Å². The van der Waals surface area contributed by atoms with E-state index in [1.807, 2.05) is 6.92 Å². The molecule has 84 valence electrons. The molecule has 0 aliphatic carbocycles. The summed E-state index contributed by atoms with van der Waals surface area (Å²) in [4.78, 5) is 0. The van der Waals surface area contributed by atoms with Gasteiger partial charge < -0.3 is 5.73 Å². The maximum atomic E-state index is 13.0. The van der Waals surface area contributed by atoms with Gasteiger partial charge in [0.1, 0.15) is 11.6 Å². The lowest BCUT2D eigenvalue weighted by molar-refractivity contribution is 0.569. The van der Waals surface area contributed by atoms with Crippen molar-refractivity contribution in [1.29, 1.82) is 0 Å². The lowest BCUT2D eigenvalue weighted by Gasteiger charge is -2.14. The van der Waals surface area contributed by atoms with Gasteiger partial charge in [-0.2, -0.15) is 5.10 Å². The molecule has 2 N–H and O–H groups in total.